The molecule has 0 aliphatic rings. The number of carbonyl (C=O) groups excluding carboxylic acids is 1. The fourth-order valence-corrected chi connectivity index (χ4v) is 3.47. The Balaban J connectivity index is 1.85. The molecule has 28 heavy (non-hydrogen) atoms. The maximum atomic E-state index is 13.2. The van der Waals surface area contributed by atoms with E-state index in [0.717, 1.165) is 28.4 Å². The molecule has 1 atom stereocenters. The van der Waals surface area contributed by atoms with Crippen LogP contribution in [0.3, 0.4) is 0 Å². The fraction of sp³-hybridized carbons (Fsp3) is 0.292. The molecule has 1 aromatic heterocycles. The van der Waals surface area contributed by atoms with Crippen LogP contribution in [0.1, 0.15) is 42.4 Å². The zero-order valence-electron chi connectivity index (χ0n) is 16.7. The van der Waals surface area contributed by atoms with Crippen molar-refractivity contribution in [3.05, 3.63) is 94.8 Å². The summed E-state index contributed by atoms with van der Waals surface area (Å²) in [6.07, 6.45) is 2.06. The summed E-state index contributed by atoms with van der Waals surface area (Å²) in [5.74, 6) is 0.432. The monoisotopic (exact) mass is 394 g/mol. The first-order valence-electron chi connectivity index (χ1n) is 9.70. The number of carbonyl (C=O) groups is 1. The van der Waals surface area contributed by atoms with Crippen LogP contribution < -0.4 is 0 Å². The third-order valence-electron chi connectivity index (χ3n) is 5.24. The van der Waals surface area contributed by atoms with Crippen LogP contribution >= 0.6 is 11.6 Å². The summed E-state index contributed by atoms with van der Waals surface area (Å²) in [5.41, 5.74) is 2.97. The summed E-state index contributed by atoms with van der Waals surface area (Å²) in [6, 6.07) is 21.7. The van der Waals surface area contributed by atoms with Crippen molar-refractivity contribution in [3.63, 3.8) is 0 Å². The van der Waals surface area contributed by atoms with Crippen molar-refractivity contribution in [2.75, 3.05) is 0 Å². The van der Waals surface area contributed by atoms with Crippen molar-refractivity contribution < 1.29 is 4.79 Å². The van der Waals surface area contributed by atoms with E-state index in [0.29, 0.717) is 12.5 Å². The Morgan fingerprint density at radius 3 is 2.43 bits per heavy atom. The van der Waals surface area contributed by atoms with Gasteiger partial charge in [-0.25, -0.2) is 0 Å². The van der Waals surface area contributed by atoms with Gasteiger partial charge in [0.15, 0.2) is 0 Å². The number of nitrogens with zero attached hydrogens (tertiary/aromatic N) is 2. The number of amides is 1. The summed E-state index contributed by atoms with van der Waals surface area (Å²) < 4.78 is 2.18. The van der Waals surface area contributed by atoms with Crippen molar-refractivity contribution in [3.8, 4) is 0 Å². The van der Waals surface area contributed by atoms with Gasteiger partial charge >= 0.3 is 0 Å². The van der Waals surface area contributed by atoms with Gasteiger partial charge in [0.1, 0.15) is 0 Å². The first kappa shape index (κ1) is 20.2. The predicted octanol–water partition coefficient (Wildman–Crippen LogP) is 5.88. The molecule has 0 aliphatic carbocycles. The highest BCUT2D eigenvalue weighted by molar-refractivity contribution is 6.30. The van der Waals surface area contributed by atoms with E-state index in [-0.39, 0.29) is 11.9 Å². The molecule has 0 saturated carbocycles. The quantitative estimate of drug-likeness (QED) is 0.491. The molecule has 0 unspecified atom stereocenters. The van der Waals surface area contributed by atoms with Crippen LogP contribution in [-0.2, 0) is 13.1 Å². The van der Waals surface area contributed by atoms with Crippen molar-refractivity contribution in [1.82, 2.24) is 9.47 Å². The second kappa shape index (κ2) is 9.11. The zero-order valence-corrected chi connectivity index (χ0v) is 17.4. The minimum atomic E-state index is 0.0669. The minimum Gasteiger partial charge on any atom is -0.345 e. The molecule has 0 N–H and O–H groups in total. The Hall–Kier alpha value is -2.52. The van der Waals surface area contributed by atoms with Crippen molar-refractivity contribution >= 4 is 17.5 Å². The molecular weight excluding hydrogens is 368 g/mol. The third-order valence-corrected chi connectivity index (χ3v) is 5.47. The molecule has 0 saturated heterocycles. The van der Waals surface area contributed by atoms with E-state index in [9.17, 15) is 4.79 Å². The van der Waals surface area contributed by atoms with Gasteiger partial charge in [0, 0.05) is 35.1 Å². The van der Waals surface area contributed by atoms with Crippen LogP contribution in [0, 0.1) is 5.92 Å². The average molecular weight is 395 g/mol. The molecule has 1 amide bonds. The Morgan fingerprint density at radius 1 is 1.00 bits per heavy atom. The number of aromatic nitrogens is 1. The lowest BCUT2D eigenvalue weighted by Gasteiger charge is -2.32. The molecule has 0 fully saturated rings. The standard InChI is InChI=1S/C24H27ClN2O/c1-18(2)19(3)27(24(28)21-10-5-4-6-11-21)17-23-13-8-14-26(23)16-20-9-7-12-22(25)15-20/h4-15,18-19H,16-17H2,1-3H3/t19-/m1/s1. The van der Waals surface area contributed by atoms with Gasteiger partial charge in [-0.15, -0.1) is 0 Å². The largest absolute Gasteiger partial charge is 0.345 e. The maximum Gasteiger partial charge on any atom is 0.254 e. The zero-order chi connectivity index (χ0) is 20.1. The van der Waals surface area contributed by atoms with Gasteiger partial charge in [-0.2, -0.15) is 0 Å². The van der Waals surface area contributed by atoms with Gasteiger partial charge < -0.3 is 9.47 Å². The van der Waals surface area contributed by atoms with Gasteiger partial charge in [0.05, 0.1) is 6.54 Å². The number of halogens is 1. The molecule has 3 rings (SSSR count). The Morgan fingerprint density at radius 2 is 1.75 bits per heavy atom. The molecule has 0 bridgehead atoms. The number of hydrogen-bond acceptors (Lipinski definition) is 1. The molecule has 0 aliphatic heterocycles. The highest BCUT2D eigenvalue weighted by Crippen LogP contribution is 2.20. The molecule has 3 nitrogen and oxygen atoms in total. The molecular formula is C24H27ClN2O. The molecule has 146 valence electrons. The van der Waals surface area contributed by atoms with Crippen LogP contribution in [0.2, 0.25) is 5.02 Å². The second-order valence-corrected chi connectivity index (χ2v) is 7.98. The number of hydrogen-bond donors (Lipinski definition) is 0. The van der Waals surface area contributed by atoms with Gasteiger partial charge in [0.2, 0.25) is 0 Å². The highest BCUT2D eigenvalue weighted by Gasteiger charge is 2.24. The lowest BCUT2D eigenvalue weighted by Crippen LogP contribution is -2.41. The molecule has 1 heterocycles. The molecule has 4 heteroatoms. The smallest absolute Gasteiger partial charge is 0.254 e. The second-order valence-electron chi connectivity index (χ2n) is 7.54. The van der Waals surface area contributed by atoms with Crippen molar-refractivity contribution in [1.29, 1.82) is 0 Å². The van der Waals surface area contributed by atoms with Crippen molar-refractivity contribution in [2.24, 2.45) is 5.92 Å². The Labute approximate surface area is 172 Å². The van der Waals surface area contributed by atoms with E-state index >= 15 is 0 Å². The van der Waals surface area contributed by atoms with E-state index in [2.05, 4.69) is 43.7 Å². The summed E-state index contributed by atoms with van der Waals surface area (Å²) in [6.45, 7) is 7.73. The van der Waals surface area contributed by atoms with Crippen LogP contribution in [-0.4, -0.2) is 21.4 Å². The van der Waals surface area contributed by atoms with E-state index < -0.39 is 0 Å². The lowest BCUT2D eigenvalue weighted by atomic mass is 10.0. The highest BCUT2D eigenvalue weighted by atomic mass is 35.5. The third kappa shape index (κ3) is 4.85. The minimum absolute atomic E-state index is 0.0669. The lowest BCUT2D eigenvalue weighted by molar-refractivity contribution is 0.0622. The number of benzene rings is 2. The van der Waals surface area contributed by atoms with E-state index in [1.54, 1.807) is 0 Å². The molecule has 3 aromatic rings. The average Bonchev–Trinajstić information content (AvgIpc) is 3.12. The summed E-state index contributed by atoms with van der Waals surface area (Å²) in [5, 5.41) is 0.737. The van der Waals surface area contributed by atoms with Gasteiger partial charge in [-0.1, -0.05) is 55.8 Å². The first-order chi connectivity index (χ1) is 13.5. The van der Waals surface area contributed by atoms with Crippen molar-refractivity contribution in [2.45, 2.75) is 39.9 Å². The normalized spacial score (nSPS) is 12.2. The van der Waals surface area contributed by atoms with Gasteiger partial charge in [-0.05, 0) is 54.8 Å². The predicted molar refractivity (Wildman–Crippen MR) is 116 cm³/mol. The summed E-state index contributed by atoms with van der Waals surface area (Å²) >= 11 is 6.13. The molecule has 0 spiro atoms. The van der Waals surface area contributed by atoms with E-state index in [1.807, 2.05) is 59.5 Å². The summed E-state index contributed by atoms with van der Waals surface area (Å²) in [4.78, 5) is 15.2. The molecule has 2 aromatic carbocycles. The van der Waals surface area contributed by atoms with Crippen LogP contribution in [0.5, 0.6) is 0 Å². The van der Waals surface area contributed by atoms with Gasteiger partial charge in [0.25, 0.3) is 5.91 Å². The first-order valence-corrected chi connectivity index (χ1v) is 10.1. The maximum absolute atomic E-state index is 13.2. The topological polar surface area (TPSA) is 25.2 Å². The van der Waals surface area contributed by atoms with Crippen LogP contribution in [0.15, 0.2) is 72.9 Å². The van der Waals surface area contributed by atoms with Gasteiger partial charge in [-0.3, -0.25) is 4.79 Å². The van der Waals surface area contributed by atoms with E-state index in [1.165, 1.54) is 0 Å². The van der Waals surface area contributed by atoms with E-state index in [4.69, 9.17) is 11.6 Å². The fourth-order valence-electron chi connectivity index (χ4n) is 3.26. The number of rotatable bonds is 7. The Kier molecular flexibility index (Phi) is 6.58. The molecule has 0 radical (unpaired) electrons. The Bertz CT molecular complexity index is 917. The summed E-state index contributed by atoms with van der Waals surface area (Å²) in [7, 11) is 0. The van der Waals surface area contributed by atoms with Crippen LogP contribution in [0.4, 0.5) is 0 Å². The van der Waals surface area contributed by atoms with Crippen LogP contribution in [0.25, 0.3) is 0 Å². The SMILES string of the molecule is CC(C)[C@@H](C)N(Cc1cccn1Cc1cccc(Cl)c1)C(=O)c1ccccc1.